The molecule has 2 rings (SSSR count). The predicted octanol–water partition coefficient (Wildman–Crippen LogP) is 3.14. The second kappa shape index (κ2) is 6.72. The molecule has 0 spiro atoms. The number of rotatable bonds is 5. The van der Waals surface area contributed by atoms with Gasteiger partial charge >= 0.3 is 0 Å². The van der Waals surface area contributed by atoms with Crippen LogP contribution >= 0.6 is 15.9 Å². The smallest absolute Gasteiger partial charge is 0.234 e. The third-order valence-corrected chi connectivity index (χ3v) is 3.54. The van der Waals surface area contributed by atoms with E-state index in [0.717, 1.165) is 21.0 Å². The molecule has 1 unspecified atom stereocenters. The maximum Gasteiger partial charge on any atom is 0.234 e. The molecule has 0 aromatic heterocycles. The molecule has 2 aromatic carbocycles. The predicted molar refractivity (Wildman–Crippen MR) is 83.3 cm³/mol. The SMILES string of the molecule is CC(CCC(=O)NN)Oc1ccc2cc(Br)ccc2c1. The van der Waals surface area contributed by atoms with E-state index < -0.39 is 0 Å². The van der Waals surface area contributed by atoms with Crippen LogP contribution in [0.1, 0.15) is 19.8 Å². The summed E-state index contributed by atoms with van der Waals surface area (Å²) in [5, 5.41) is 2.28. The first-order chi connectivity index (χ1) is 9.58. The number of nitrogens with one attached hydrogen (secondary N) is 1. The second-order valence-corrected chi connectivity index (χ2v) is 5.60. The quantitative estimate of drug-likeness (QED) is 0.500. The van der Waals surface area contributed by atoms with Crippen LogP contribution in [0.25, 0.3) is 10.8 Å². The first kappa shape index (κ1) is 14.8. The number of ether oxygens (including phenoxy) is 1. The van der Waals surface area contributed by atoms with Crippen molar-refractivity contribution in [2.75, 3.05) is 0 Å². The number of hydrazine groups is 1. The molecular formula is C15H17BrN2O2. The number of fused-ring (bicyclic) bond motifs is 1. The molecule has 3 N–H and O–H groups in total. The van der Waals surface area contributed by atoms with Crippen LogP contribution < -0.4 is 16.0 Å². The lowest BCUT2D eigenvalue weighted by Crippen LogP contribution is -2.30. The molecule has 0 saturated carbocycles. The highest BCUT2D eigenvalue weighted by molar-refractivity contribution is 9.10. The van der Waals surface area contributed by atoms with Gasteiger partial charge in [0.1, 0.15) is 5.75 Å². The minimum absolute atomic E-state index is 0.0415. The van der Waals surface area contributed by atoms with E-state index in [-0.39, 0.29) is 12.0 Å². The maximum atomic E-state index is 11.1. The minimum atomic E-state index is -0.177. The molecule has 1 atom stereocenters. The fourth-order valence-electron chi connectivity index (χ4n) is 1.97. The number of amides is 1. The van der Waals surface area contributed by atoms with Crippen LogP contribution in [0.15, 0.2) is 40.9 Å². The number of hydrogen-bond donors (Lipinski definition) is 2. The fourth-order valence-corrected chi connectivity index (χ4v) is 2.34. The summed E-state index contributed by atoms with van der Waals surface area (Å²) in [6, 6.07) is 12.1. The summed E-state index contributed by atoms with van der Waals surface area (Å²) in [7, 11) is 0. The number of carbonyl (C=O) groups excluding carboxylic acids is 1. The standard InChI is InChI=1S/C15H17BrN2O2/c1-10(2-7-15(19)18-17)20-14-6-4-11-8-13(16)5-3-12(11)9-14/h3-6,8-10H,2,7,17H2,1H3,(H,18,19). The van der Waals surface area contributed by atoms with Crippen molar-refractivity contribution in [1.82, 2.24) is 5.43 Å². The van der Waals surface area contributed by atoms with E-state index in [2.05, 4.69) is 27.4 Å². The molecule has 4 nitrogen and oxygen atoms in total. The normalized spacial score (nSPS) is 12.2. The Kier molecular flexibility index (Phi) is 4.98. The van der Waals surface area contributed by atoms with Crippen molar-refractivity contribution in [3.63, 3.8) is 0 Å². The molecule has 0 fully saturated rings. The molecular weight excluding hydrogens is 320 g/mol. The number of nitrogens with two attached hydrogens (primary N) is 1. The summed E-state index contributed by atoms with van der Waals surface area (Å²) in [5.74, 6) is 5.67. The largest absolute Gasteiger partial charge is 0.491 e. The number of hydrogen-bond acceptors (Lipinski definition) is 3. The Balaban J connectivity index is 2.02. The van der Waals surface area contributed by atoms with Gasteiger partial charge in [-0.25, -0.2) is 5.84 Å². The van der Waals surface area contributed by atoms with Gasteiger partial charge in [-0.3, -0.25) is 10.2 Å². The number of carbonyl (C=O) groups is 1. The van der Waals surface area contributed by atoms with E-state index >= 15 is 0 Å². The van der Waals surface area contributed by atoms with Crippen molar-refractivity contribution in [2.24, 2.45) is 5.84 Å². The Hall–Kier alpha value is -1.59. The van der Waals surface area contributed by atoms with Gasteiger partial charge in [0.15, 0.2) is 0 Å². The Morgan fingerprint density at radius 2 is 2.00 bits per heavy atom. The molecule has 5 heteroatoms. The maximum absolute atomic E-state index is 11.1. The van der Waals surface area contributed by atoms with Crippen LogP contribution in [0.5, 0.6) is 5.75 Å². The van der Waals surface area contributed by atoms with Crippen molar-refractivity contribution in [3.8, 4) is 5.75 Å². The van der Waals surface area contributed by atoms with Gasteiger partial charge < -0.3 is 4.74 Å². The van der Waals surface area contributed by atoms with Crippen LogP contribution in [-0.4, -0.2) is 12.0 Å². The Morgan fingerprint density at radius 1 is 1.30 bits per heavy atom. The zero-order chi connectivity index (χ0) is 14.5. The monoisotopic (exact) mass is 336 g/mol. The van der Waals surface area contributed by atoms with Gasteiger partial charge in [-0.2, -0.15) is 0 Å². The van der Waals surface area contributed by atoms with E-state index in [9.17, 15) is 4.79 Å². The summed E-state index contributed by atoms with van der Waals surface area (Å²) in [6.45, 7) is 1.94. The molecule has 0 bridgehead atoms. The van der Waals surface area contributed by atoms with Gasteiger partial charge in [-0.1, -0.05) is 28.1 Å². The molecule has 0 aliphatic heterocycles. The number of benzene rings is 2. The van der Waals surface area contributed by atoms with Gasteiger partial charge in [0.25, 0.3) is 0 Å². The Bertz CT molecular complexity index is 616. The molecule has 0 radical (unpaired) electrons. The van der Waals surface area contributed by atoms with E-state index in [1.807, 2.05) is 37.3 Å². The van der Waals surface area contributed by atoms with E-state index in [0.29, 0.717) is 12.8 Å². The molecule has 1 amide bonds. The lowest BCUT2D eigenvalue weighted by molar-refractivity contribution is -0.121. The Labute approximate surface area is 126 Å². The highest BCUT2D eigenvalue weighted by Gasteiger charge is 2.08. The van der Waals surface area contributed by atoms with Crippen molar-refractivity contribution in [2.45, 2.75) is 25.9 Å². The van der Waals surface area contributed by atoms with Crippen molar-refractivity contribution >= 4 is 32.6 Å². The Morgan fingerprint density at radius 3 is 2.75 bits per heavy atom. The van der Waals surface area contributed by atoms with Crippen molar-refractivity contribution in [1.29, 1.82) is 0 Å². The molecule has 0 aliphatic carbocycles. The van der Waals surface area contributed by atoms with Gasteiger partial charge in [0.2, 0.25) is 5.91 Å². The third kappa shape index (κ3) is 3.95. The number of halogens is 1. The van der Waals surface area contributed by atoms with Crippen LogP contribution in [0, 0.1) is 0 Å². The third-order valence-electron chi connectivity index (χ3n) is 3.05. The van der Waals surface area contributed by atoms with Crippen LogP contribution in [0.4, 0.5) is 0 Å². The first-order valence-electron chi connectivity index (χ1n) is 6.44. The molecule has 2 aromatic rings. The molecule has 0 saturated heterocycles. The summed E-state index contributed by atoms with van der Waals surface area (Å²) < 4.78 is 6.87. The molecule has 106 valence electrons. The lowest BCUT2D eigenvalue weighted by atomic mass is 10.1. The average Bonchev–Trinajstić information content (AvgIpc) is 2.45. The summed E-state index contributed by atoms with van der Waals surface area (Å²) >= 11 is 3.45. The summed E-state index contributed by atoms with van der Waals surface area (Å²) in [5.41, 5.74) is 2.11. The van der Waals surface area contributed by atoms with E-state index in [1.54, 1.807) is 0 Å². The van der Waals surface area contributed by atoms with Gasteiger partial charge in [0, 0.05) is 10.9 Å². The lowest BCUT2D eigenvalue weighted by Gasteiger charge is -2.14. The highest BCUT2D eigenvalue weighted by atomic mass is 79.9. The molecule has 20 heavy (non-hydrogen) atoms. The molecule has 0 aliphatic rings. The zero-order valence-corrected chi connectivity index (χ0v) is 12.8. The van der Waals surface area contributed by atoms with Crippen LogP contribution in [0.2, 0.25) is 0 Å². The van der Waals surface area contributed by atoms with Gasteiger partial charge in [-0.05, 0) is 48.4 Å². The van der Waals surface area contributed by atoms with E-state index in [1.165, 1.54) is 0 Å². The first-order valence-corrected chi connectivity index (χ1v) is 7.23. The van der Waals surface area contributed by atoms with Gasteiger partial charge in [-0.15, -0.1) is 0 Å². The second-order valence-electron chi connectivity index (χ2n) is 4.69. The summed E-state index contributed by atoms with van der Waals surface area (Å²) in [4.78, 5) is 11.1. The summed E-state index contributed by atoms with van der Waals surface area (Å²) in [6.07, 6.45) is 0.944. The van der Waals surface area contributed by atoms with Crippen molar-refractivity contribution < 1.29 is 9.53 Å². The molecule has 0 heterocycles. The zero-order valence-electron chi connectivity index (χ0n) is 11.2. The fraction of sp³-hybridized carbons (Fsp3) is 0.267. The van der Waals surface area contributed by atoms with Gasteiger partial charge in [0.05, 0.1) is 6.10 Å². The minimum Gasteiger partial charge on any atom is -0.491 e. The van der Waals surface area contributed by atoms with E-state index in [4.69, 9.17) is 10.6 Å². The average molecular weight is 337 g/mol. The van der Waals surface area contributed by atoms with Crippen molar-refractivity contribution in [3.05, 3.63) is 40.9 Å². The van der Waals surface area contributed by atoms with Crippen LogP contribution in [-0.2, 0) is 4.79 Å². The highest BCUT2D eigenvalue weighted by Crippen LogP contribution is 2.25. The van der Waals surface area contributed by atoms with Crippen LogP contribution in [0.3, 0.4) is 0 Å². The topological polar surface area (TPSA) is 64.4 Å².